The predicted octanol–water partition coefficient (Wildman–Crippen LogP) is 0.496. The summed E-state index contributed by atoms with van der Waals surface area (Å²) >= 11 is 0. The van der Waals surface area contributed by atoms with Gasteiger partial charge in [-0.25, -0.2) is 4.98 Å². The molecule has 0 atom stereocenters. The van der Waals surface area contributed by atoms with Gasteiger partial charge in [0, 0.05) is 19.3 Å². The molecule has 1 aliphatic heterocycles. The Morgan fingerprint density at radius 2 is 2.06 bits per heavy atom. The fourth-order valence-corrected chi connectivity index (χ4v) is 1.91. The highest BCUT2D eigenvalue weighted by Crippen LogP contribution is 2.17. The van der Waals surface area contributed by atoms with Crippen LogP contribution >= 0.6 is 0 Å². The quantitative estimate of drug-likeness (QED) is 0.811. The number of hydrogen-bond acceptors (Lipinski definition) is 4. The Kier molecular flexibility index (Phi) is 3.76. The van der Waals surface area contributed by atoms with Crippen LogP contribution in [0.3, 0.4) is 0 Å². The van der Waals surface area contributed by atoms with Gasteiger partial charge in [-0.2, -0.15) is 0 Å². The zero-order valence-corrected chi connectivity index (χ0v) is 9.93. The van der Waals surface area contributed by atoms with Crippen LogP contribution in [0.2, 0.25) is 0 Å². The summed E-state index contributed by atoms with van der Waals surface area (Å²) in [5.41, 5.74) is 0.374. The number of aromatic nitrogens is 1. The van der Waals surface area contributed by atoms with Crippen molar-refractivity contribution in [2.45, 2.75) is 12.8 Å². The Hall–Kier alpha value is -2.11. The first-order valence-corrected chi connectivity index (χ1v) is 5.88. The number of nitrogens with zero attached hydrogens (tertiary/aromatic N) is 2. The monoisotopic (exact) mass is 249 g/mol. The maximum Gasteiger partial charge on any atom is 0.322 e. The third kappa shape index (κ3) is 2.97. The van der Waals surface area contributed by atoms with Crippen molar-refractivity contribution in [3.05, 3.63) is 23.9 Å². The molecule has 2 heterocycles. The highest BCUT2D eigenvalue weighted by atomic mass is 16.4. The zero-order chi connectivity index (χ0) is 13.0. The molecule has 2 rings (SSSR count). The Labute approximate surface area is 105 Å². The maximum absolute atomic E-state index is 11.6. The second-order valence-electron chi connectivity index (χ2n) is 4.18. The van der Waals surface area contributed by atoms with Crippen LogP contribution in [0.4, 0.5) is 5.82 Å². The van der Waals surface area contributed by atoms with Crippen molar-refractivity contribution in [1.29, 1.82) is 0 Å². The number of carboxylic acid groups (broad SMARTS) is 1. The molecular weight excluding hydrogens is 234 g/mol. The summed E-state index contributed by atoms with van der Waals surface area (Å²) in [4.78, 5) is 28.3. The van der Waals surface area contributed by atoms with Gasteiger partial charge in [0.05, 0.1) is 5.56 Å². The van der Waals surface area contributed by atoms with Gasteiger partial charge in [0.2, 0.25) is 0 Å². The van der Waals surface area contributed by atoms with Crippen LogP contribution in [0, 0.1) is 0 Å². The first-order valence-electron chi connectivity index (χ1n) is 5.88. The van der Waals surface area contributed by atoms with Crippen LogP contribution in [0.1, 0.15) is 23.2 Å². The lowest BCUT2D eigenvalue weighted by Gasteiger charge is -2.16. The number of hydrogen-bond donors (Lipinski definition) is 2. The van der Waals surface area contributed by atoms with Crippen LogP contribution in [-0.4, -0.2) is 41.6 Å². The summed E-state index contributed by atoms with van der Waals surface area (Å²) in [5, 5.41) is 10.8. The van der Waals surface area contributed by atoms with Crippen LogP contribution in [0.15, 0.2) is 18.3 Å². The normalized spacial score (nSPS) is 14.6. The third-order valence-electron chi connectivity index (χ3n) is 2.84. The number of rotatable bonds is 4. The molecule has 2 N–H and O–H groups in total. The molecule has 1 fully saturated rings. The van der Waals surface area contributed by atoms with Gasteiger partial charge >= 0.3 is 5.97 Å². The van der Waals surface area contributed by atoms with E-state index in [2.05, 4.69) is 15.2 Å². The lowest BCUT2D eigenvalue weighted by molar-refractivity contribution is -0.135. The van der Waals surface area contributed by atoms with E-state index in [0.29, 0.717) is 5.56 Å². The second-order valence-corrected chi connectivity index (χ2v) is 4.18. The molecule has 1 saturated heterocycles. The predicted molar refractivity (Wildman–Crippen MR) is 65.7 cm³/mol. The molecule has 1 aliphatic rings. The average molecular weight is 249 g/mol. The highest BCUT2D eigenvalue weighted by Gasteiger charge is 2.14. The molecule has 0 radical (unpaired) electrons. The fourth-order valence-electron chi connectivity index (χ4n) is 1.91. The number of carbonyl (C=O) groups excluding carboxylic acids is 1. The second kappa shape index (κ2) is 5.48. The summed E-state index contributed by atoms with van der Waals surface area (Å²) in [6, 6.07) is 3.46. The van der Waals surface area contributed by atoms with Crippen LogP contribution in [0.5, 0.6) is 0 Å². The maximum atomic E-state index is 11.6. The van der Waals surface area contributed by atoms with Gasteiger partial charge in [0.15, 0.2) is 0 Å². The molecule has 1 aromatic heterocycles. The largest absolute Gasteiger partial charge is 0.480 e. The summed E-state index contributed by atoms with van der Waals surface area (Å²) in [7, 11) is 0. The first-order chi connectivity index (χ1) is 8.66. The van der Waals surface area contributed by atoms with E-state index in [9.17, 15) is 9.59 Å². The molecule has 1 amide bonds. The van der Waals surface area contributed by atoms with Gasteiger partial charge < -0.3 is 15.3 Å². The summed E-state index contributed by atoms with van der Waals surface area (Å²) in [6.07, 6.45) is 3.82. The minimum absolute atomic E-state index is 0.374. The van der Waals surface area contributed by atoms with Gasteiger partial charge in [-0.15, -0.1) is 0 Å². The number of aliphatic carboxylic acids is 1. The first kappa shape index (κ1) is 12.3. The molecule has 1 aromatic rings. The van der Waals surface area contributed by atoms with Gasteiger partial charge in [0.1, 0.15) is 12.4 Å². The van der Waals surface area contributed by atoms with Crippen molar-refractivity contribution < 1.29 is 14.7 Å². The van der Waals surface area contributed by atoms with E-state index >= 15 is 0 Å². The fraction of sp³-hybridized carbons (Fsp3) is 0.417. The number of pyridine rings is 1. The molecule has 18 heavy (non-hydrogen) atoms. The molecule has 0 aliphatic carbocycles. The number of anilines is 1. The lowest BCUT2D eigenvalue weighted by atomic mass is 10.2. The van der Waals surface area contributed by atoms with E-state index in [1.807, 2.05) is 0 Å². The average Bonchev–Trinajstić information content (AvgIpc) is 2.90. The molecule has 0 aromatic carbocycles. The molecule has 6 heteroatoms. The zero-order valence-electron chi connectivity index (χ0n) is 9.93. The number of nitrogens with one attached hydrogen (secondary N) is 1. The van der Waals surface area contributed by atoms with Crippen molar-refractivity contribution in [3.63, 3.8) is 0 Å². The Balaban J connectivity index is 1.98. The van der Waals surface area contributed by atoms with E-state index in [4.69, 9.17) is 5.11 Å². The smallest absolute Gasteiger partial charge is 0.322 e. The van der Waals surface area contributed by atoms with Gasteiger partial charge in [-0.05, 0) is 25.0 Å². The van der Waals surface area contributed by atoms with E-state index in [1.165, 1.54) is 19.0 Å². The minimum atomic E-state index is -1.06. The van der Waals surface area contributed by atoms with Crippen molar-refractivity contribution in [2.75, 3.05) is 24.5 Å². The van der Waals surface area contributed by atoms with Crippen molar-refractivity contribution in [3.8, 4) is 0 Å². The Bertz CT molecular complexity index is 438. The lowest BCUT2D eigenvalue weighted by Crippen LogP contribution is -2.29. The summed E-state index contributed by atoms with van der Waals surface area (Å²) in [6.45, 7) is 1.61. The van der Waals surface area contributed by atoms with Gasteiger partial charge in [0.25, 0.3) is 5.91 Å². The minimum Gasteiger partial charge on any atom is -0.480 e. The van der Waals surface area contributed by atoms with Gasteiger partial charge in [-0.3, -0.25) is 9.59 Å². The van der Waals surface area contributed by atoms with Crippen molar-refractivity contribution in [2.24, 2.45) is 0 Å². The van der Waals surface area contributed by atoms with Gasteiger partial charge in [-0.1, -0.05) is 0 Å². The topological polar surface area (TPSA) is 82.5 Å². The van der Waals surface area contributed by atoms with E-state index < -0.39 is 11.9 Å². The standard InChI is InChI=1S/C12H15N3O3/c16-11(17)8-14-12(18)9-3-4-10(13-7-9)15-5-1-2-6-15/h3-4,7H,1-2,5-6,8H2,(H,14,18)(H,16,17). The molecule has 0 bridgehead atoms. The summed E-state index contributed by atoms with van der Waals surface area (Å²) in [5.74, 6) is -0.620. The van der Waals surface area contributed by atoms with E-state index in [-0.39, 0.29) is 6.54 Å². The number of carbonyl (C=O) groups is 2. The Morgan fingerprint density at radius 3 is 2.61 bits per heavy atom. The molecule has 96 valence electrons. The van der Waals surface area contributed by atoms with E-state index in [1.54, 1.807) is 12.1 Å². The molecule has 0 unspecified atom stereocenters. The molecular formula is C12H15N3O3. The van der Waals surface area contributed by atoms with Crippen LogP contribution in [-0.2, 0) is 4.79 Å². The molecule has 6 nitrogen and oxygen atoms in total. The van der Waals surface area contributed by atoms with Crippen molar-refractivity contribution >= 4 is 17.7 Å². The SMILES string of the molecule is O=C(O)CNC(=O)c1ccc(N2CCCC2)nc1. The number of amides is 1. The Morgan fingerprint density at radius 1 is 1.33 bits per heavy atom. The van der Waals surface area contributed by atoms with Crippen LogP contribution in [0.25, 0.3) is 0 Å². The summed E-state index contributed by atoms with van der Waals surface area (Å²) < 4.78 is 0. The van der Waals surface area contributed by atoms with Crippen LogP contribution < -0.4 is 10.2 Å². The molecule has 0 spiro atoms. The third-order valence-corrected chi connectivity index (χ3v) is 2.84. The molecule has 0 saturated carbocycles. The van der Waals surface area contributed by atoms with Crippen molar-refractivity contribution in [1.82, 2.24) is 10.3 Å². The van der Waals surface area contributed by atoms with E-state index in [0.717, 1.165) is 18.9 Å². The highest BCUT2D eigenvalue weighted by molar-refractivity contribution is 5.95. The number of carboxylic acids is 1.